The van der Waals surface area contributed by atoms with E-state index in [4.69, 9.17) is 4.74 Å². The molecule has 0 aromatic rings. The molecular weight excluding hydrogens is 162 g/mol. The molecule has 2 saturated heterocycles. The van der Waals surface area contributed by atoms with E-state index in [1.807, 2.05) is 7.11 Å². The highest BCUT2D eigenvalue weighted by Gasteiger charge is 2.45. The van der Waals surface area contributed by atoms with E-state index in [-0.39, 0.29) is 0 Å². The molecule has 0 aromatic carbocycles. The smallest absolute Gasteiger partial charge is 0.0649 e. The van der Waals surface area contributed by atoms with Gasteiger partial charge in [0.05, 0.1) is 6.61 Å². The third-order valence-corrected chi connectivity index (χ3v) is 3.51. The molecule has 1 atom stereocenters. The van der Waals surface area contributed by atoms with Gasteiger partial charge in [-0.2, -0.15) is 0 Å². The third-order valence-electron chi connectivity index (χ3n) is 3.51. The number of methoxy groups -OCH3 is 1. The minimum atomic E-state index is 0.372. The lowest BCUT2D eigenvalue weighted by atomic mass is 9.93. The second kappa shape index (κ2) is 3.43. The first-order chi connectivity index (χ1) is 6.30. The standard InChI is InChI=1S/C11H19NO/c1-3-10-7-11(9-13-2)5-4-6-12(11)8-10/h3H,4-9H2,1-2H3/b10-3+. The molecule has 2 heteroatoms. The second-order valence-corrected chi connectivity index (χ2v) is 4.31. The number of hydrogen-bond donors (Lipinski definition) is 0. The predicted molar refractivity (Wildman–Crippen MR) is 53.8 cm³/mol. The average molecular weight is 181 g/mol. The number of fused-ring (bicyclic) bond motifs is 1. The van der Waals surface area contributed by atoms with Gasteiger partial charge in [0.25, 0.3) is 0 Å². The van der Waals surface area contributed by atoms with Crippen LogP contribution < -0.4 is 0 Å². The number of rotatable bonds is 2. The zero-order chi connectivity index (χ0) is 9.31. The molecule has 2 nitrogen and oxygen atoms in total. The molecular formula is C11H19NO. The fraction of sp³-hybridized carbons (Fsp3) is 0.818. The van der Waals surface area contributed by atoms with Gasteiger partial charge in [-0.1, -0.05) is 11.6 Å². The van der Waals surface area contributed by atoms with Crippen LogP contribution in [0.1, 0.15) is 26.2 Å². The summed E-state index contributed by atoms with van der Waals surface area (Å²) in [5.74, 6) is 0. The van der Waals surface area contributed by atoms with Crippen molar-refractivity contribution in [2.75, 3.05) is 26.8 Å². The van der Waals surface area contributed by atoms with E-state index in [2.05, 4.69) is 17.9 Å². The fourth-order valence-electron chi connectivity index (χ4n) is 2.84. The maximum Gasteiger partial charge on any atom is 0.0649 e. The summed E-state index contributed by atoms with van der Waals surface area (Å²) in [7, 11) is 1.82. The summed E-state index contributed by atoms with van der Waals surface area (Å²) in [6, 6.07) is 0. The van der Waals surface area contributed by atoms with Gasteiger partial charge < -0.3 is 4.74 Å². The van der Waals surface area contributed by atoms with Crippen LogP contribution >= 0.6 is 0 Å². The molecule has 0 amide bonds. The van der Waals surface area contributed by atoms with Crippen molar-refractivity contribution < 1.29 is 4.74 Å². The third kappa shape index (κ3) is 1.42. The largest absolute Gasteiger partial charge is 0.383 e. The molecule has 2 rings (SSSR count). The van der Waals surface area contributed by atoms with Gasteiger partial charge in [-0.15, -0.1) is 0 Å². The fourth-order valence-corrected chi connectivity index (χ4v) is 2.84. The van der Waals surface area contributed by atoms with Crippen LogP contribution in [0.3, 0.4) is 0 Å². The Bertz CT molecular complexity index is 224. The van der Waals surface area contributed by atoms with E-state index in [0.717, 1.165) is 6.61 Å². The Morgan fingerprint density at radius 1 is 1.62 bits per heavy atom. The molecule has 0 aromatic heterocycles. The zero-order valence-electron chi connectivity index (χ0n) is 8.68. The normalized spacial score (nSPS) is 37.2. The molecule has 0 saturated carbocycles. The molecule has 1 unspecified atom stereocenters. The van der Waals surface area contributed by atoms with Crippen LogP contribution in [-0.4, -0.2) is 37.2 Å². The highest BCUT2D eigenvalue weighted by atomic mass is 16.5. The second-order valence-electron chi connectivity index (χ2n) is 4.31. The SMILES string of the molecule is C/C=C1/CN2CCCC2(COC)C1. The number of allylic oxidation sites excluding steroid dienone is 1. The highest BCUT2D eigenvalue weighted by Crippen LogP contribution is 2.41. The van der Waals surface area contributed by atoms with Crippen LogP contribution in [-0.2, 0) is 4.74 Å². The summed E-state index contributed by atoms with van der Waals surface area (Å²) >= 11 is 0. The van der Waals surface area contributed by atoms with Gasteiger partial charge in [-0.25, -0.2) is 0 Å². The van der Waals surface area contributed by atoms with Crippen LogP contribution in [0.25, 0.3) is 0 Å². The summed E-state index contributed by atoms with van der Waals surface area (Å²) in [4.78, 5) is 2.60. The molecule has 13 heavy (non-hydrogen) atoms. The van der Waals surface area contributed by atoms with Crippen molar-refractivity contribution in [3.63, 3.8) is 0 Å². The Balaban J connectivity index is 2.14. The first kappa shape index (κ1) is 9.22. The summed E-state index contributed by atoms with van der Waals surface area (Å²) in [5, 5.41) is 0. The van der Waals surface area contributed by atoms with E-state index in [1.165, 1.54) is 32.4 Å². The number of nitrogens with zero attached hydrogens (tertiary/aromatic N) is 1. The van der Waals surface area contributed by atoms with E-state index in [1.54, 1.807) is 5.57 Å². The van der Waals surface area contributed by atoms with Crippen molar-refractivity contribution in [2.24, 2.45) is 0 Å². The van der Waals surface area contributed by atoms with Crippen LogP contribution in [0.15, 0.2) is 11.6 Å². The highest BCUT2D eigenvalue weighted by molar-refractivity contribution is 5.19. The Morgan fingerprint density at radius 2 is 2.46 bits per heavy atom. The summed E-state index contributed by atoms with van der Waals surface area (Å²) in [6.45, 7) is 5.50. The molecule has 2 heterocycles. The quantitative estimate of drug-likeness (QED) is 0.602. The van der Waals surface area contributed by atoms with Crippen molar-refractivity contribution in [2.45, 2.75) is 31.7 Å². The van der Waals surface area contributed by atoms with Gasteiger partial charge in [0.1, 0.15) is 0 Å². The summed E-state index contributed by atoms with van der Waals surface area (Å²) < 4.78 is 5.35. The number of hydrogen-bond acceptors (Lipinski definition) is 2. The Morgan fingerprint density at radius 3 is 3.15 bits per heavy atom. The lowest BCUT2D eigenvalue weighted by Crippen LogP contribution is -2.42. The maximum atomic E-state index is 5.35. The molecule has 2 aliphatic rings. The van der Waals surface area contributed by atoms with Crippen molar-refractivity contribution in [3.8, 4) is 0 Å². The first-order valence-corrected chi connectivity index (χ1v) is 5.19. The first-order valence-electron chi connectivity index (χ1n) is 5.19. The van der Waals surface area contributed by atoms with Crippen molar-refractivity contribution >= 4 is 0 Å². The molecule has 0 spiro atoms. The topological polar surface area (TPSA) is 12.5 Å². The molecule has 0 aliphatic carbocycles. The molecule has 0 N–H and O–H groups in total. The van der Waals surface area contributed by atoms with Gasteiger partial charge in [0.2, 0.25) is 0 Å². The lowest BCUT2D eigenvalue weighted by molar-refractivity contribution is 0.0656. The van der Waals surface area contributed by atoms with E-state index < -0.39 is 0 Å². The van der Waals surface area contributed by atoms with Crippen molar-refractivity contribution in [3.05, 3.63) is 11.6 Å². The summed E-state index contributed by atoms with van der Waals surface area (Å²) in [5.41, 5.74) is 1.97. The Hall–Kier alpha value is -0.340. The van der Waals surface area contributed by atoms with Gasteiger partial charge >= 0.3 is 0 Å². The minimum Gasteiger partial charge on any atom is -0.383 e. The molecule has 0 radical (unpaired) electrons. The van der Waals surface area contributed by atoms with Gasteiger partial charge in [0.15, 0.2) is 0 Å². The summed E-state index contributed by atoms with van der Waals surface area (Å²) in [6.07, 6.45) is 6.17. The molecule has 0 bridgehead atoms. The zero-order valence-corrected chi connectivity index (χ0v) is 8.68. The van der Waals surface area contributed by atoms with E-state index in [9.17, 15) is 0 Å². The molecule has 2 aliphatic heterocycles. The van der Waals surface area contributed by atoms with E-state index in [0.29, 0.717) is 5.54 Å². The van der Waals surface area contributed by atoms with Crippen molar-refractivity contribution in [1.29, 1.82) is 0 Å². The monoisotopic (exact) mass is 181 g/mol. The van der Waals surface area contributed by atoms with Gasteiger partial charge in [-0.3, -0.25) is 4.90 Å². The van der Waals surface area contributed by atoms with Crippen LogP contribution in [0.5, 0.6) is 0 Å². The van der Waals surface area contributed by atoms with E-state index >= 15 is 0 Å². The minimum absolute atomic E-state index is 0.372. The van der Waals surface area contributed by atoms with Crippen LogP contribution in [0.2, 0.25) is 0 Å². The number of ether oxygens (including phenoxy) is 1. The lowest BCUT2D eigenvalue weighted by Gasteiger charge is -2.30. The van der Waals surface area contributed by atoms with Crippen molar-refractivity contribution in [1.82, 2.24) is 4.90 Å². The van der Waals surface area contributed by atoms with Gasteiger partial charge in [0, 0.05) is 19.2 Å². The van der Waals surface area contributed by atoms with Crippen LogP contribution in [0.4, 0.5) is 0 Å². The average Bonchev–Trinajstić information content (AvgIpc) is 2.60. The Kier molecular flexibility index (Phi) is 2.43. The predicted octanol–water partition coefficient (Wildman–Crippen LogP) is 1.82. The molecule has 74 valence electrons. The maximum absolute atomic E-state index is 5.35. The van der Waals surface area contributed by atoms with Crippen LogP contribution in [0, 0.1) is 0 Å². The Labute approximate surface area is 80.6 Å². The van der Waals surface area contributed by atoms with Gasteiger partial charge in [-0.05, 0) is 32.7 Å². The molecule has 2 fully saturated rings.